The third-order valence-corrected chi connectivity index (χ3v) is 3.63. The second kappa shape index (κ2) is 5.67. The number of hydrogen-bond acceptors (Lipinski definition) is 2. The number of carbonyl (C=O) groups is 1. The molecule has 3 nitrogen and oxygen atoms in total. The first-order chi connectivity index (χ1) is 7.46. The summed E-state index contributed by atoms with van der Waals surface area (Å²) in [6.07, 6.45) is 4.98. The van der Waals surface area contributed by atoms with E-state index in [0.29, 0.717) is 12.5 Å². The Morgan fingerprint density at radius 2 is 2.19 bits per heavy atom. The molecule has 1 aliphatic carbocycles. The van der Waals surface area contributed by atoms with Gasteiger partial charge in [-0.1, -0.05) is 26.7 Å². The molecule has 3 unspecified atom stereocenters. The molecular weight excluding hydrogens is 202 g/mol. The molecule has 1 rings (SSSR count). The van der Waals surface area contributed by atoms with Crippen LogP contribution >= 0.6 is 0 Å². The second-order valence-electron chi connectivity index (χ2n) is 5.48. The van der Waals surface area contributed by atoms with E-state index in [9.17, 15) is 9.90 Å². The van der Waals surface area contributed by atoms with Gasteiger partial charge in [0.1, 0.15) is 0 Å². The highest BCUT2D eigenvalue weighted by atomic mass is 16.3. The van der Waals surface area contributed by atoms with Crippen LogP contribution in [-0.4, -0.2) is 23.2 Å². The van der Waals surface area contributed by atoms with Gasteiger partial charge in [-0.3, -0.25) is 4.79 Å². The standard InChI is InChI=1S/C13H25NO2/c1-4-8-13(3,16)9-14-12(15)11-7-5-6-10(11)2/h10-11,16H,4-9H2,1-3H3,(H,14,15). The molecule has 1 fully saturated rings. The molecule has 0 aromatic rings. The second-order valence-corrected chi connectivity index (χ2v) is 5.48. The fourth-order valence-corrected chi connectivity index (χ4v) is 2.57. The molecule has 3 atom stereocenters. The van der Waals surface area contributed by atoms with Crippen molar-refractivity contribution in [2.45, 2.75) is 58.5 Å². The summed E-state index contributed by atoms with van der Waals surface area (Å²) in [5.74, 6) is 0.787. The van der Waals surface area contributed by atoms with E-state index >= 15 is 0 Å². The van der Waals surface area contributed by atoms with Crippen molar-refractivity contribution in [2.75, 3.05) is 6.54 Å². The molecule has 2 N–H and O–H groups in total. The highest BCUT2D eigenvalue weighted by Crippen LogP contribution is 2.31. The smallest absolute Gasteiger partial charge is 0.223 e. The molecule has 16 heavy (non-hydrogen) atoms. The van der Waals surface area contributed by atoms with Crippen LogP contribution in [0.2, 0.25) is 0 Å². The van der Waals surface area contributed by atoms with Crippen molar-refractivity contribution in [1.82, 2.24) is 5.32 Å². The van der Waals surface area contributed by atoms with Crippen molar-refractivity contribution in [3.05, 3.63) is 0 Å². The molecule has 1 amide bonds. The van der Waals surface area contributed by atoms with E-state index in [0.717, 1.165) is 32.1 Å². The summed E-state index contributed by atoms with van der Waals surface area (Å²) < 4.78 is 0. The van der Waals surface area contributed by atoms with Gasteiger partial charge in [-0.15, -0.1) is 0 Å². The lowest BCUT2D eigenvalue weighted by Gasteiger charge is -2.24. The Bertz CT molecular complexity index is 238. The molecule has 3 heteroatoms. The van der Waals surface area contributed by atoms with Crippen LogP contribution in [0.3, 0.4) is 0 Å². The fraction of sp³-hybridized carbons (Fsp3) is 0.923. The van der Waals surface area contributed by atoms with Gasteiger partial charge in [0.25, 0.3) is 0 Å². The van der Waals surface area contributed by atoms with E-state index in [4.69, 9.17) is 0 Å². The third-order valence-electron chi connectivity index (χ3n) is 3.63. The summed E-state index contributed by atoms with van der Waals surface area (Å²) in [6.45, 7) is 6.34. The van der Waals surface area contributed by atoms with Crippen LogP contribution < -0.4 is 5.32 Å². The van der Waals surface area contributed by atoms with Crippen LogP contribution in [0, 0.1) is 11.8 Å². The molecular formula is C13H25NO2. The first kappa shape index (κ1) is 13.5. The Kier molecular flexibility index (Phi) is 4.78. The van der Waals surface area contributed by atoms with Gasteiger partial charge < -0.3 is 10.4 Å². The van der Waals surface area contributed by atoms with Gasteiger partial charge in [0.15, 0.2) is 0 Å². The number of nitrogens with one attached hydrogen (secondary N) is 1. The highest BCUT2D eigenvalue weighted by molar-refractivity contribution is 5.79. The predicted molar refractivity (Wildman–Crippen MR) is 65.0 cm³/mol. The lowest BCUT2D eigenvalue weighted by atomic mass is 9.96. The minimum absolute atomic E-state index is 0.126. The zero-order chi connectivity index (χ0) is 12.2. The lowest BCUT2D eigenvalue weighted by Crippen LogP contribution is -2.43. The molecule has 0 bridgehead atoms. The van der Waals surface area contributed by atoms with Crippen molar-refractivity contribution < 1.29 is 9.90 Å². The maximum Gasteiger partial charge on any atom is 0.223 e. The predicted octanol–water partition coefficient (Wildman–Crippen LogP) is 2.09. The summed E-state index contributed by atoms with van der Waals surface area (Å²) in [7, 11) is 0. The fourth-order valence-electron chi connectivity index (χ4n) is 2.57. The zero-order valence-corrected chi connectivity index (χ0v) is 10.8. The van der Waals surface area contributed by atoms with Crippen molar-refractivity contribution in [3.8, 4) is 0 Å². The number of hydrogen-bond donors (Lipinski definition) is 2. The molecule has 0 aromatic carbocycles. The topological polar surface area (TPSA) is 49.3 Å². The van der Waals surface area contributed by atoms with Crippen LogP contribution in [-0.2, 0) is 4.79 Å². The third kappa shape index (κ3) is 3.78. The minimum Gasteiger partial charge on any atom is -0.388 e. The highest BCUT2D eigenvalue weighted by Gasteiger charge is 2.30. The molecule has 0 heterocycles. The Morgan fingerprint density at radius 1 is 1.50 bits per heavy atom. The first-order valence-electron chi connectivity index (χ1n) is 6.46. The van der Waals surface area contributed by atoms with Gasteiger partial charge in [-0.2, -0.15) is 0 Å². The van der Waals surface area contributed by atoms with Crippen LogP contribution in [0.1, 0.15) is 52.9 Å². The molecule has 0 aromatic heterocycles. The number of rotatable bonds is 5. The van der Waals surface area contributed by atoms with E-state index in [1.807, 2.05) is 6.92 Å². The number of aliphatic hydroxyl groups is 1. The Morgan fingerprint density at radius 3 is 2.69 bits per heavy atom. The van der Waals surface area contributed by atoms with E-state index in [2.05, 4.69) is 12.2 Å². The monoisotopic (exact) mass is 227 g/mol. The van der Waals surface area contributed by atoms with Gasteiger partial charge in [0.2, 0.25) is 5.91 Å². The van der Waals surface area contributed by atoms with Gasteiger partial charge >= 0.3 is 0 Å². The van der Waals surface area contributed by atoms with Gasteiger partial charge in [0.05, 0.1) is 5.60 Å². The van der Waals surface area contributed by atoms with Crippen molar-refractivity contribution in [1.29, 1.82) is 0 Å². The Balaban J connectivity index is 2.34. The maximum absolute atomic E-state index is 11.9. The van der Waals surface area contributed by atoms with Crippen LogP contribution in [0.5, 0.6) is 0 Å². The largest absolute Gasteiger partial charge is 0.388 e. The van der Waals surface area contributed by atoms with Crippen molar-refractivity contribution >= 4 is 5.91 Å². The van der Waals surface area contributed by atoms with E-state index in [1.165, 1.54) is 0 Å². The van der Waals surface area contributed by atoms with E-state index < -0.39 is 5.60 Å². The van der Waals surface area contributed by atoms with Crippen molar-refractivity contribution in [2.24, 2.45) is 11.8 Å². The SMILES string of the molecule is CCCC(C)(O)CNC(=O)C1CCCC1C. The van der Waals surface area contributed by atoms with Crippen LogP contribution in [0.4, 0.5) is 0 Å². The normalized spacial score (nSPS) is 28.8. The molecule has 94 valence electrons. The zero-order valence-electron chi connectivity index (χ0n) is 10.8. The van der Waals surface area contributed by atoms with Crippen LogP contribution in [0.15, 0.2) is 0 Å². The molecule has 0 saturated heterocycles. The summed E-state index contributed by atoms with van der Waals surface area (Å²) in [4.78, 5) is 11.9. The average molecular weight is 227 g/mol. The summed E-state index contributed by atoms with van der Waals surface area (Å²) in [5.41, 5.74) is -0.758. The molecule has 0 radical (unpaired) electrons. The minimum atomic E-state index is -0.758. The van der Waals surface area contributed by atoms with Gasteiger partial charge in [-0.05, 0) is 32.1 Å². The quantitative estimate of drug-likeness (QED) is 0.755. The van der Waals surface area contributed by atoms with Crippen molar-refractivity contribution in [3.63, 3.8) is 0 Å². The van der Waals surface area contributed by atoms with Crippen LogP contribution in [0.25, 0.3) is 0 Å². The first-order valence-corrected chi connectivity index (χ1v) is 6.46. The lowest BCUT2D eigenvalue weighted by molar-refractivity contribution is -0.127. The molecule has 1 saturated carbocycles. The van der Waals surface area contributed by atoms with E-state index in [-0.39, 0.29) is 11.8 Å². The van der Waals surface area contributed by atoms with Gasteiger partial charge in [0, 0.05) is 12.5 Å². The summed E-state index contributed by atoms with van der Waals surface area (Å²) in [5, 5.41) is 12.8. The summed E-state index contributed by atoms with van der Waals surface area (Å²) >= 11 is 0. The number of amides is 1. The van der Waals surface area contributed by atoms with E-state index in [1.54, 1.807) is 6.92 Å². The maximum atomic E-state index is 11.9. The summed E-state index contributed by atoms with van der Waals surface area (Å²) in [6, 6.07) is 0. The average Bonchev–Trinajstić information content (AvgIpc) is 2.61. The molecule has 1 aliphatic rings. The Hall–Kier alpha value is -0.570. The van der Waals surface area contributed by atoms with Gasteiger partial charge in [-0.25, -0.2) is 0 Å². The molecule has 0 aliphatic heterocycles. The number of carbonyl (C=O) groups excluding carboxylic acids is 1. The Labute approximate surface area is 98.6 Å². The molecule has 0 spiro atoms.